The molecule has 0 atom stereocenters. The second-order valence-corrected chi connectivity index (χ2v) is 8.37. The number of sulfone groups is 1. The molecule has 0 saturated carbocycles. The molecule has 0 bridgehead atoms. The Balaban J connectivity index is 1.76. The smallest absolute Gasteiger partial charge is 0.242 e. The fraction of sp³-hybridized carbons (Fsp3) is 0.278. The molecular formula is C18H18ClNO3S. The largest absolute Gasteiger partial charge is 0.311 e. The van der Waals surface area contributed by atoms with Crippen molar-refractivity contribution in [2.75, 3.05) is 17.2 Å². The molecule has 24 heavy (non-hydrogen) atoms. The number of rotatable bonds is 4. The Hall–Kier alpha value is -1.85. The quantitative estimate of drug-likeness (QED) is 0.838. The molecule has 0 radical (unpaired) electrons. The molecule has 0 N–H and O–H groups in total. The predicted molar refractivity (Wildman–Crippen MR) is 96.1 cm³/mol. The van der Waals surface area contributed by atoms with E-state index in [1.54, 1.807) is 29.2 Å². The predicted octanol–water partition coefficient (Wildman–Crippen LogP) is 3.23. The summed E-state index contributed by atoms with van der Waals surface area (Å²) in [7, 11) is -3.58. The molecule has 0 aromatic heterocycles. The molecule has 0 fully saturated rings. The van der Waals surface area contributed by atoms with Crippen molar-refractivity contribution >= 4 is 33.0 Å². The monoisotopic (exact) mass is 363 g/mol. The Morgan fingerprint density at radius 2 is 1.79 bits per heavy atom. The van der Waals surface area contributed by atoms with Crippen LogP contribution < -0.4 is 4.90 Å². The molecule has 0 aliphatic carbocycles. The van der Waals surface area contributed by atoms with Gasteiger partial charge in [-0.25, -0.2) is 8.42 Å². The fourth-order valence-electron chi connectivity index (χ4n) is 2.96. The van der Waals surface area contributed by atoms with E-state index in [0.29, 0.717) is 17.1 Å². The van der Waals surface area contributed by atoms with Gasteiger partial charge in [-0.3, -0.25) is 4.79 Å². The van der Waals surface area contributed by atoms with E-state index in [1.165, 1.54) is 0 Å². The second kappa shape index (κ2) is 6.95. The highest BCUT2D eigenvalue weighted by atomic mass is 35.5. The van der Waals surface area contributed by atoms with Crippen LogP contribution in [0, 0.1) is 0 Å². The minimum Gasteiger partial charge on any atom is -0.311 e. The lowest BCUT2D eigenvalue weighted by Gasteiger charge is -2.29. The van der Waals surface area contributed by atoms with Crippen molar-refractivity contribution in [2.45, 2.75) is 18.6 Å². The van der Waals surface area contributed by atoms with Crippen molar-refractivity contribution in [2.24, 2.45) is 0 Å². The van der Waals surface area contributed by atoms with E-state index in [1.807, 2.05) is 24.3 Å². The van der Waals surface area contributed by atoms with Crippen LogP contribution in [0.25, 0.3) is 0 Å². The average Bonchev–Trinajstić information content (AvgIpc) is 2.56. The molecule has 126 valence electrons. The molecule has 3 rings (SSSR count). The van der Waals surface area contributed by atoms with Crippen molar-refractivity contribution in [1.82, 2.24) is 0 Å². The van der Waals surface area contributed by atoms with Crippen LogP contribution in [0.15, 0.2) is 48.5 Å². The van der Waals surface area contributed by atoms with Crippen LogP contribution in [0.2, 0.25) is 5.02 Å². The summed E-state index contributed by atoms with van der Waals surface area (Å²) in [6.45, 7) is 0.553. The van der Waals surface area contributed by atoms with E-state index >= 15 is 0 Å². The summed E-state index contributed by atoms with van der Waals surface area (Å²) < 4.78 is 24.8. The zero-order valence-electron chi connectivity index (χ0n) is 13.1. The number of halogens is 1. The van der Waals surface area contributed by atoms with Crippen LogP contribution in [0.3, 0.4) is 0 Å². The van der Waals surface area contributed by atoms with Crippen LogP contribution in [0.5, 0.6) is 0 Å². The molecule has 1 aliphatic rings. The first-order chi connectivity index (χ1) is 11.5. The van der Waals surface area contributed by atoms with Crippen molar-refractivity contribution in [3.8, 4) is 0 Å². The summed E-state index contributed by atoms with van der Waals surface area (Å²) in [5.41, 5.74) is 2.42. The van der Waals surface area contributed by atoms with Gasteiger partial charge in [0.25, 0.3) is 0 Å². The summed E-state index contributed by atoms with van der Waals surface area (Å²) in [5.74, 6) is -1.12. The maximum atomic E-state index is 12.6. The minimum atomic E-state index is -3.58. The number of benzene rings is 2. The van der Waals surface area contributed by atoms with E-state index in [9.17, 15) is 13.2 Å². The fourth-order valence-corrected chi connectivity index (χ4v) is 4.60. The summed E-state index contributed by atoms with van der Waals surface area (Å²) in [5, 5.41) is 0.400. The number of para-hydroxylation sites is 1. The standard InChI is InChI=1S/C18H18ClNO3S/c19-16-9-3-1-7-15(16)12-24(22,23)13-18(21)20-11-5-8-14-6-2-4-10-17(14)20/h1-4,6-7,9-10H,5,8,11-13H2. The van der Waals surface area contributed by atoms with Crippen molar-refractivity contribution < 1.29 is 13.2 Å². The van der Waals surface area contributed by atoms with Crippen molar-refractivity contribution in [1.29, 1.82) is 0 Å². The van der Waals surface area contributed by atoms with Gasteiger partial charge in [0.2, 0.25) is 5.91 Å². The van der Waals surface area contributed by atoms with Crippen LogP contribution in [-0.2, 0) is 26.8 Å². The van der Waals surface area contributed by atoms with E-state index in [0.717, 1.165) is 24.1 Å². The van der Waals surface area contributed by atoms with Crippen molar-refractivity contribution in [3.63, 3.8) is 0 Å². The molecule has 1 aliphatic heterocycles. The Morgan fingerprint density at radius 1 is 1.08 bits per heavy atom. The van der Waals surface area contributed by atoms with Gasteiger partial charge in [-0.05, 0) is 36.1 Å². The summed E-state index contributed by atoms with van der Waals surface area (Å²) in [4.78, 5) is 14.2. The number of anilines is 1. The Labute approximate surface area is 147 Å². The van der Waals surface area contributed by atoms with E-state index in [-0.39, 0.29) is 11.7 Å². The zero-order valence-corrected chi connectivity index (χ0v) is 14.7. The number of hydrogen-bond donors (Lipinski definition) is 0. The number of hydrogen-bond acceptors (Lipinski definition) is 3. The minimum absolute atomic E-state index is 0.228. The van der Waals surface area contributed by atoms with Gasteiger partial charge >= 0.3 is 0 Å². The van der Waals surface area contributed by atoms with Gasteiger partial charge in [-0.1, -0.05) is 48.0 Å². The second-order valence-electron chi connectivity index (χ2n) is 5.90. The summed E-state index contributed by atoms with van der Waals surface area (Å²) in [6, 6.07) is 14.4. The molecule has 1 amide bonds. The molecule has 2 aromatic rings. The van der Waals surface area contributed by atoms with Gasteiger partial charge in [-0.2, -0.15) is 0 Å². The van der Waals surface area contributed by atoms with Crippen LogP contribution >= 0.6 is 11.6 Å². The molecule has 1 heterocycles. The third-order valence-corrected chi connectivity index (χ3v) is 5.89. The van der Waals surface area contributed by atoms with E-state index in [2.05, 4.69) is 0 Å². The first-order valence-electron chi connectivity index (χ1n) is 7.78. The highest BCUT2D eigenvalue weighted by molar-refractivity contribution is 7.91. The Morgan fingerprint density at radius 3 is 2.58 bits per heavy atom. The highest BCUT2D eigenvalue weighted by Gasteiger charge is 2.26. The third kappa shape index (κ3) is 3.79. The Bertz CT molecular complexity index is 864. The van der Waals surface area contributed by atoms with Crippen LogP contribution in [-0.4, -0.2) is 26.6 Å². The van der Waals surface area contributed by atoms with E-state index < -0.39 is 15.6 Å². The SMILES string of the molecule is O=C(CS(=O)(=O)Cc1ccccc1Cl)N1CCCc2ccccc21. The first-order valence-corrected chi connectivity index (χ1v) is 9.98. The molecule has 0 saturated heterocycles. The maximum Gasteiger partial charge on any atom is 0.242 e. The van der Waals surface area contributed by atoms with Gasteiger partial charge in [-0.15, -0.1) is 0 Å². The topological polar surface area (TPSA) is 54.5 Å². The van der Waals surface area contributed by atoms with Gasteiger partial charge in [0.15, 0.2) is 9.84 Å². The zero-order chi connectivity index (χ0) is 17.2. The molecule has 0 spiro atoms. The van der Waals surface area contributed by atoms with Gasteiger partial charge in [0, 0.05) is 17.3 Å². The van der Waals surface area contributed by atoms with Gasteiger partial charge < -0.3 is 4.90 Å². The lowest BCUT2D eigenvalue weighted by atomic mass is 10.0. The number of fused-ring (bicyclic) bond motifs is 1. The van der Waals surface area contributed by atoms with E-state index in [4.69, 9.17) is 11.6 Å². The third-order valence-electron chi connectivity index (χ3n) is 4.09. The maximum absolute atomic E-state index is 12.6. The summed E-state index contributed by atoms with van der Waals surface area (Å²) in [6.07, 6.45) is 1.75. The van der Waals surface area contributed by atoms with Gasteiger partial charge in [0.05, 0.1) is 5.75 Å². The normalized spacial score (nSPS) is 14.3. The molecule has 2 aromatic carbocycles. The lowest BCUT2D eigenvalue weighted by molar-refractivity contribution is -0.116. The highest BCUT2D eigenvalue weighted by Crippen LogP contribution is 2.27. The lowest BCUT2D eigenvalue weighted by Crippen LogP contribution is -2.39. The Kier molecular flexibility index (Phi) is 4.92. The number of carbonyl (C=O) groups excluding carboxylic acids is 1. The first kappa shape index (κ1) is 17.0. The molecule has 0 unspecified atom stereocenters. The average molecular weight is 364 g/mol. The molecule has 6 heteroatoms. The van der Waals surface area contributed by atoms with Crippen LogP contribution in [0.4, 0.5) is 5.69 Å². The number of nitrogens with zero attached hydrogens (tertiary/aromatic N) is 1. The summed E-state index contributed by atoms with van der Waals surface area (Å²) >= 11 is 6.02. The molecule has 4 nitrogen and oxygen atoms in total. The van der Waals surface area contributed by atoms with Gasteiger partial charge in [0.1, 0.15) is 5.75 Å². The van der Waals surface area contributed by atoms with Crippen molar-refractivity contribution in [3.05, 3.63) is 64.7 Å². The number of aryl methyl sites for hydroxylation is 1. The van der Waals surface area contributed by atoms with Crippen LogP contribution in [0.1, 0.15) is 17.5 Å². The molecular weight excluding hydrogens is 346 g/mol. The number of carbonyl (C=O) groups is 1. The number of amides is 1.